The summed E-state index contributed by atoms with van der Waals surface area (Å²) in [4.78, 5) is 23.4. The zero-order chi connectivity index (χ0) is 30.2. The highest BCUT2D eigenvalue weighted by molar-refractivity contribution is 7.91. The van der Waals surface area contributed by atoms with Crippen molar-refractivity contribution in [1.29, 1.82) is 0 Å². The molecule has 0 bridgehead atoms. The first-order valence-electron chi connectivity index (χ1n) is 12.6. The number of halogens is 6. The third-order valence-corrected chi connectivity index (χ3v) is 10.4. The second-order valence-electron chi connectivity index (χ2n) is 9.71. The number of nitrogens with zero attached hydrogens (tertiary/aromatic N) is 5. The van der Waals surface area contributed by atoms with Crippen molar-refractivity contribution < 1.29 is 44.7 Å². The summed E-state index contributed by atoms with van der Waals surface area (Å²) < 4.78 is 108. The fourth-order valence-corrected chi connectivity index (χ4v) is 7.60. The van der Waals surface area contributed by atoms with E-state index in [1.54, 1.807) is 11.4 Å². The number of rotatable bonds is 8. The van der Waals surface area contributed by atoms with E-state index in [9.17, 15) is 44.7 Å². The number of piperazine rings is 2. The van der Waals surface area contributed by atoms with E-state index < -0.39 is 45.6 Å². The van der Waals surface area contributed by atoms with Crippen LogP contribution in [0.3, 0.4) is 0 Å². The fraction of sp³-hybridized carbons (Fsp3) is 0.609. The van der Waals surface area contributed by atoms with Gasteiger partial charge in [0.25, 0.3) is 15.6 Å². The van der Waals surface area contributed by atoms with Crippen LogP contribution in [-0.2, 0) is 20.4 Å². The van der Waals surface area contributed by atoms with Crippen molar-refractivity contribution in [3.05, 3.63) is 35.5 Å². The van der Waals surface area contributed by atoms with Gasteiger partial charge in [-0.25, -0.2) is 18.4 Å². The van der Waals surface area contributed by atoms with Crippen LogP contribution in [0.2, 0.25) is 0 Å². The van der Waals surface area contributed by atoms with Gasteiger partial charge in [0, 0.05) is 57.2 Å². The number of amides is 1. The fourth-order valence-electron chi connectivity index (χ4n) is 4.99. The number of anilines is 1. The molecule has 0 aromatic carbocycles. The molecule has 2 saturated heterocycles. The molecule has 2 N–H and O–H groups in total. The van der Waals surface area contributed by atoms with Crippen molar-refractivity contribution in [1.82, 2.24) is 24.5 Å². The zero-order valence-corrected chi connectivity index (χ0v) is 23.3. The molecule has 2 fully saturated rings. The number of carbonyl (C=O) groups excluding carboxylic acids is 1. The number of sulfonamides is 1. The Morgan fingerprint density at radius 3 is 2.32 bits per heavy atom. The van der Waals surface area contributed by atoms with Gasteiger partial charge in [0.1, 0.15) is 4.21 Å². The summed E-state index contributed by atoms with van der Waals surface area (Å²) in [6, 6.07) is 1.83. The molecular weight excluding hydrogens is 602 g/mol. The van der Waals surface area contributed by atoms with Crippen LogP contribution in [0.25, 0.3) is 0 Å². The molecule has 2 aliphatic rings. The standard InChI is InChI=1S/C23H28F6N6O4S2/c1-2-4-17-19(36)30-6-7-33(17)13-16-14-34(41(38,39)18-5-3-10-40-18)8-9-35(16)20-31-11-15(12-32-20)21(37,22(24,25)26)23(27,28)29/h3,5,10-12,16-17,37H,2,4,6-9,13-14H2,1H3,(H,30,36)/t16-,17?/m0/s1. The molecule has 1 unspecified atom stereocenters. The Bertz CT molecular complexity index is 1290. The van der Waals surface area contributed by atoms with Crippen LogP contribution < -0.4 is 10.2 Å². The lowest BCUT2D eigenvalue weighted by Gasteiger charge is -2.44. The lowest BCUT2D eigenvalue weighted by atomic mass is 9.95. The predicted octanol–water partition coefficient (Wildman–Crippen LogP) is 2.33. The first kappa shape index (κ1) is 31.4. The number of hydrogen-bond donors (Lipinski definition) is 2. The van der Waals surface area contributed by atoms with Gasteiger partial charge in [-0.1, -0.05) is 19.4 Å². The van der Waals surface area contributed by atoms with Crippen molar-refractivity contribution in [2.75, 3.05) is 44.2 Å². The van der Waals surface area contributed by atoms with Crippen molar-refractivity contribution in [2.45, 2.75) is 54.0 Å². The molecule has 2 aliphatic heterocycles. The number of carbonyl (C=O) groups is 1. The molecule has 228 valence electrons. The Morgan fingerprint density at radius 1 is 1.10 bits per heavy atom. The van der Waals surface area contributed by atoms with Gasteiger partial charge in [0.15, 0.2) is 0 Å². The van der Waals surface area contributed by atoms with Crippen molar-refractivity contribution >= 4 is 33.2 Å². The SMILES string of the molecule is CCCC1C(=O)NCCN1C[C@H]1CN(S(=O)(=O)c2cccs2)CCN1c1ncc(C(O)(C(F)(F)F)C(F)(F)F)cn1. The summed E-state index contributed by atoms with van der Waals surface area (Å²) in [6.45, 7) is 2.66. The largest absolute Gasteiger partial charge is 0.430 e. The number of alkyl halides is 6. The maximum Gasteiger partial charge on any atom is 0.430 e. The maximum atomic E-state index is 13.3. The zero-order valence-electron chi connectivity index (χ0n) is 21.7. The van der Waals surface area contributed by atoms with E-state index in [1.807, 2.05) is 11.8 Å². The Morgan fingerprint density at radius 2 is 1.76 bits per heavy atom. The molecule has 10 nitrogen and oxygen atoms in total. The highest BCUT2D eigenvalue weighted by Gasteiger charge is 2.71. The average molecular weight is 631 g/mol. The first-order valence-corrected chi connectivity index (χ1v) is 14.9. The van der Waals surface area contributed by atoms with Crippen LogP contribution in [-0.4, -0.2) is 102 Å². The van der Waals surface area contributed by atoms with Gasteiger partial charge in [0.2, 0.25) is 11.9 Å². The van der Waals surface area contributed by atoms with Gasteiger partial charge in [0.05, 0.1) is 12.1 Å². The van der Waals surface area contributed by atoms with E-state index in [-0.39, 0.29) is 54.6 Å². The molecular formula is C23H28F6N6O4S2. The molecule has 1 amide bonds. The Kier molecular flexibility index (Phi) is 8.90. The summed E-state index contributed by atoms with van der Waals surface area (Å²) in [6.07, 6.45) is -10.4. The van der Waals surface area contributed by atoms with Crippen molar-refractivity contribution in [3.63, 3.8) is 0 Å². The highest BCUT2D eigenvalue weighted by Crippen LogP contribution is 2.49. The number of aliphatic hydroxyl groups is 1. The normalized spacial score (nSPS) is 22.1. The summed E-state index contributed by atoms with van der Waals surface area (Å²) in [5.74, 6) is -0.435. The van der Waals surface area contributed by atoms with Crippen LogP contribution in [0.15, 0.2) is 34.1 Å². The minimum absolute atomic E-state index is 0.0318. The van der Waals surface area contributed by atoms with Gasteiger partial charge in [-0.3, -0.25) is 9.69 Å². The van der Waals surface area contributed by atoms with Gasteiger partial charge < -0.3 is 15.3 Å². The quantitative estimate of drug-likeness (QED) is 0.427. The average Bonchev–Trinajstić information content (AvgIpc) is 3.45. The summed E-state index contributed by atoms with van der Waals surface area (Å²) in [7, 11) is -3.89. The molecule has 0 spiro atoms. The number of aromatic nitrogens is 2. The number of thiophene rings is 1. The molecule has 0 radical (unpaired) electrons. The lowest BCUT2D eigenvalue weighted by Crippen LogP contribution is -2.63. The Balaban J connectivity index is 1.67. The molecule has 0 aliphatic carbocycles. The van der Waals surface area contributed by atoms with E-state index in [2.05, 4.69) is 15.3 Å². The van der Waals surface area contributed by atoms with Crippen LogP contribution in [0.5, 0.6) is 0 Å². The van der Waals surface area contributed by atoms with E-state index >= 15 is 0 Å². The van der Waals surface area contributed by atoms with Gasteiger partial charge in [-0.15, -0.1) is 11.3 Å². The molecule has 4 rings (SSSR count). The van der Waals surface area contributed by atoms with E-state index in [0.717, 1.165) is 11.3 Å². The summed E-state index contributed by atoms with van der Waals surface area (Å²) in [5, 5.41) is 14.1. The van der Waals surface area contributed by atoms with Gasteiger partial charge >= 0.3 is 12.4 Å². The van der Waals surface area contributed by atoms with E-state index in [4.69, 9.17) is 0 Å². The van der Waals surface area contributed by atoms with Crippen LogP contribution in [0.4, 0.5) is 32.3 Å². The Labute approximate surface area is 236 Å². The highest BCUT2D eigenvalue weighted by atomic mass is 32.2. The molecule has 2 atom stereocenters. The monoisotopic (exact) mass is 630 g/mol. The van der Waals surface area contributed by atoms with Crippen molar-refractivity contribution in [3.8, 4) is 0 Å². The van der Waals surface area contributed by atoms with E-state index in [1.165, 1.54) is 15.3 Å². The predicted molar refractivity (Wildman–Crippen MR) is 136 cm³/mol. The minimum Gasteiger partial charge on any atom is -0.369 e. The van der Waals surface area contributed by atoms with Crippen LogP contribution >= 0.6 is 11.3 Å². The second kappa shape index (κ2) is 11.6. The number of nitrogens with one attached hydrogen (secondary N) is 1. The molecule has 2 aromatic rings. The van der Waals surface area contributed by atoms with Gasteiger partial charge in [-0.2, -0.15) is 30.6 Å². The number of hydrogen-bond acceptors (Lipinski definition) is 9. The van der Waals surface area contributed by atoms with Gasteiger partial charge in [-0.05, 0) is 17.9 Å². The smallest absolute Gasteiger partial charge is 0.369 e. The Hall–Kier alpha value is -2.54. The second-order valence-corrected chi connectivity index (χ2v) is 12.8. The molecule has 0 saturated carbocycles. The molecule has 2 aromatic heterocycles. The van der Waals surface area contributed by atoms with E-state index in [0.29, 0.717) is 25.9 Å². The molecule has 4 heterocycles. The maximum absolute atomic E-state index is 13.3. The van der Waals surface area contributed by atoms with Crippen LogP contribution in [0, 0.1) is 0 Å². The lowest BCUT2D eigenvalue weighted by molar-refractivity contribution is -0.376. The summed E-state index contributed by atoms with van der Waals surface area (Å²) in [5.41, 5.74) is -6.78. The third kappa shape index (κ3) is 6.02. The first-order chi connectivity index (χ1) is 19.1. The van der Waals surface area contributed by atoms with Crippen LogP contribution in [0.1, 0.15) is 25.3 Å². The minimum atomic E-state index is -6.09. The molecule has 41 heavy (non-hydrogen) atoms. The third-order valence-electron chi connectivity index (χ3n) is 7.12. The summed E-state index contributed by atoms with van der Waals surface area (Å²) >= 11 is 1.03. The molecule has 18 heteroatoms. The topological polar surface area (TPSA) is 119 Å². The van der Waals surface area contributed by atoms with Crippen molar-refractivity contribution in [2.24, 2.45) is 0 Å².